The number of ether oxygens (including phenoxy) is 7. The van der Waals surface area contributed by atoms with Gasteiger partial charge in [0.05, 0.1) is 48.8 Å². The van der Waals surface area contributed by atoms with E-state index in [0.717, 1.165) is 74.6 Å². The van der Waals surface area contributed by atoms with Crippen molar-refractivity contribution in [3.8, 4) is 51.4 Å². The highest BCUT2D eigenvalue weighted by atomic mass is 35.5. The molecule has 17 rings (SSSR count). The van der Waals surface area contributed by atoms with Crippen LogP contribution >= 0.6 is 11.6 Å². The Balaban J connectivity index is 0.923. The zero-order valence-electron chi connectivity index (χ0n) is 64.9. The molecule has 0 spiro atoms. The molecule has 4 saturated carbocycles. The summed E-state index contributed by atoms with van der Waals surface area (Å²) in [5.41, 5.74) is -2.10. The van der Waals surface area contributed by atoms with Crippen molar-refractivity contribution in [2.24, 2.45) is 29.6 Å². The molecule has 18 N–H and O–H groups in total. The fourth-order valence-electron chi connectivity index (χ4n) is 17.4. The fraction of sp³-hybridized carbons (Fsp3) is 0.463. The van der Waals surface area contributed by atoms with Gasteiger partial charge in [-0.25, -0.2) is 13.1 Å². The van der Waals surface area contributed by atoms with E-state index < -0.39 is 195 Å². The number of halogens is 1. The number of hydrogen-bond donors (Lipinski definition) is 18. The predicted octanol–water partition coefficient (Wildman–Crippen LogP) is 1.61. The van der Waals surface area contributed by atoms with Crippen LogP contribution in [-0.4, -0.2) is 209 Å². The summed E-state index contributed by atoms with van der Waals surface area (Å²) < 4.78 is 72.3. The Morgan fingerprint density at radius 1 is 0.647 bits per heavy atom. The smallest absolute Gasteiger partial charge is 0.264 e. The fourth-order valence-corrected chi connectivity index (χ4v) is 18.6. The number of phenolic OH excluding ortho intramolecular Hbond substituents is 1. The van der Waals surface area contributed by atoms with E-state index in [1.165, 1.54) is 73.8 Å². The Kier molecular flexibility index (Phi) is 25.3. The van der Waals surface area contributed by atoms with Gasteiger partial charge in [-0.1, -0.05) is 55.8 Å². The number of rotatable bonds is 22. The second-order valence-electron chi connectivity index (χ2n) is 31.6. The molecule has 119 heavy (non-hydrogen) atoms. The lowest BCUT2D eigenvalue weighted by Crippen LogP contribution is -2.60. The maximum absolute atomic E-state index is 16.5. The van der Waals surface area contributed by atoms with Gasteiger partial charge in [-0.2, -0.15) is 0 Å². The summed E-state index contributed by atoms with van der Waals surface area (Å²) in [4.78, 5) is 124. The van der Waals surface area contributed by atoms with Crippen molar-refractivity contribution in [3.05, 3.63) is 153 Å². The Morgan fingerprint density at radius 2 is 1.29 bits per heavy atom. The molecule has 6 aromatic rings. The molecule has 11 aliphatic rings. The van der Waals surface area contributed by atoms with Crippen LogP contribution in [0.3, 0.4) is 0 Å². The summed E-state index contributed by atoms with van der Waals surface area (Å²) in [7, 11) is -3.46. The summed E-state index contributed by atoms with van der Waals surface area (Å²) in [6, 6.07) is 6.65. The number of sulfonamides is 1. The van der Waals surface area contributed by atoms with Crippen molar-refractivity contribution in [2.45, 2.75) is 168 Å². The van der Waals surface area contributed by atoms with E-state index in [9.17, 15) is 64.0 Å². The molecule has 5 fully saturated rings. The van der Waals surface area contributed by atoms with Gasteiger partial charge in [-0.15, -0.1) is 0 Å². The topological polar surface area (TPSA) is 526 Å². The van der Waals surface area contributed by atoms with Gasteiger partial charge in [-0.05, 0) is 200 Å². The van der Waals surface area contributed by atoms with Gasteiger partial charge in [0.2, 0.25) is 65.1 Å². The van der Waals surface area contributed by atoms with Gasteiger partial charge in [-0.3, -0.25) is 38.4 Å². The Hall–Kier alpha value is -10.2. The van der Waals surface area contributed by atoms with Gasteiger partial charge in [0, 0.05) is 23.8 Å². The van der Waals surface area contributed by atoms with E-state index >= 15 is 28.8 Å². The van der Waals surface area contributed by atoms with Crippen molar-refractivity contribution in [1.29, 1.82) is 0 Å². The highest BCUT2D eigenvalue weighted by Gasteiger charge is 2.52. The van der Waals surface area contributed by atoms with Crippen LogP contribution in [0.15, 0.2) is 114 Å². The summed E-state index contributed by atoms with van der Waals surface area (Å²) >= 11 is 7.10. The number of likely N-dealkylation sites (N-methyl/N-ethyl adjacent to an activating group) is 1. The van der Waals surface area contributed by atoms with Gasteiger partial charge >= 0.3 is 0 Å². The maximum Gasteiger partial charge on any atom is 0.264 e. The standard InChI is InChI=1S/C82H94ClN9O26S/c1-5-112-18-19-113-20-21-114-46-12-14-48(15-13-46)119(110,111)92-60(95)34-55-75(102)87-64-44-30-57(73(118-81-72(100)71(99)70(98)59(35-93)117-81)58(31-44)116-56-17-9-41(29-53(56)83)69(97)67(79(106)85-55)90-74(101)54(84-4)22-36(2)3)115-47-10-6-39(7-11-47)68(96)66-80(107)89-65(78(105)86-62-42-24-37-23-38(26-42)27-43(62)25-37)50-32-45(94)33-52-61(50)49-28-40(8-16-51(49)82(52,108)109)63(76(103)91-66)88-77(64)104/h6-17,28-33,36-38,42-43,54-55,59,62-72,81,84,93-94,96-100,108-109H,5,18-27,34-35H2,1-4H3,(H,85,106)(H,86,105)(H,87,102)(H,88,104)(H,89,107)(H,90,101)(H,91,103)(H,92,95)/t37?,38?,42?,43?,54-,55+,59-,62?,63-,64-,65+,66+,67-,68-,69-,70-,71+,72-,81+/m1/s1. The Bertz CT molecular complexity index is 4970. The van der Waals surface area contributed by atoms with Gasteiger partial charge in [0.1, 0.15) is 102 Å². The molecule has 6 aromatic carbocycles. The summed E-state index contributed by atoms with van der Waals surface area (Å²) in [6.07, 6.45) is -10.9. The molecule has 14 atom stereocenters. The number of aliphatic hydroxyl groups is 8. The molecule has 0 unspecified atom stereocenters. The number of aromatic hydroxyl groups is 1. The number of carbonyl (C=O) groups is 8. The van der Waals surface area contributed by atoms with Crippen molar-refractivity contribution in [3.63, 3.8) is 0 Å². The van der Waals surface area contributed by atoms with Crippen LogP contribution in [0.25, 0.3) is 11.1 Å². The molecular weight excluding hydrogens is 1590 g/mol. The molecule has 0 radical (unpaired) electrons. The Labute approximate surface area is 687 Å². The number of phenols is 1. The molecular formula is C82H94ClN9O26S. The van der Waals surface area contributed by atoms with Crippen molar-refractivity contribution < 1.29 is 126 Å². The molecule has 6 heterocycles. The van der Waals surface area contributed by atoms with Crippen LogP contribution in [0.4, 0.5) is 0 Å². The van der Waals surface area contributed by atoms with Crippen molar-refractivity contribution in [1.82, 2.24) is 47.3 Å². The predicted molar refractivity (Wildman–Crippen MR) is 416 cm³/mol. The molecule has 15 bridgehead atoms. The minimum atomic E-state index is -4.92. The number of fused-ring (bicyclic) bond motifs is 12. The van der Waals surface area contributed by atoms with E-state index in [2.05, 4.69) is 42.5 Å². The van der Waals surface area contributed by atoms with Crippen LogP contribution in [0.5, 0.6) is 40.2 Å². The summed E-state index contributed by atoms with van der Waals surface area (Å²) in [6.45, 7) is 5.80. The zero-order valence-corrected chi connectivity index (χ0v) is 66.5. The Morgan fingerprint density at radius 3 is 1.97 bits per heavy atom. The van der Waals surface area contributed by atoms with E-state index in [0.29, 0.717) is 25.0 Å². The number of hydrogen-bond acceptors (Lipinski definition) is 27. The average Bonchev–Trinajstić information content (AvgIpc) is 1.57. The van der Waals surface area contributed by atoms with E-state index in [1.807, 2.05) is 11.6 Å². The van der Waals surface area contributed by atoms with E-state index in [1.54, 1.807) is 13.8 Å². The first-order valence-corrected chi connectivity index (χ1v) is 41.1. The normalized spacial score (nSPS) is 28.2. The SMILES string of the molecule is CCOCCOCCOc1ccc(S(=O)(=O)NC(=O)C[C@@H]2NC(=O)[C@H](NC(=O)[C@@H](CC(C)C)NC)[C@H](O)c3ccc(c(Cl)c3)Oc3cc4cc(c3O[C@@H]3O[C@H](CO)[C@@H](O)[C@H](O)[C@H]3O)Oc3ccc(cc3)[C@@H](O)[C@@H]3NC(=O)[C@H](NC(=O)[C@@H]4NC2=O)c2ccc4c(c2)-c2c(cc(O)cc2C4(O)O)[C@@H](C(=O)NC2C4CC5CC(C4)CC2C5)NC3=O)cc1. The van der Waals surface area contributed by atoms with Crippen molar-refractivity contribution >= 4 is 68.9 Å². The first kappa shape index (κ1) is 85.3. The third-order valence-electron chi connectivity index (χ3n) is 23.1. The molecule has 37 heteroatoms. The number of nitrogens with one attached hydrogen (secondary N) is 9. The first-order chi connectivity index (χ1) is 56.8. The molecule has 8 amide bonds. The summed E-state index contributed by atoms with van der Waals surface area (Å²) in [5, 5.41) is 127. The molecule has 636 valence electrons. The number of amides is 8. The lowest BCUT2D eigenvalue weighted by atomic mass is 9.54. The lowest BCUT2D eigenvalue weighted by molar-refractivity contribution is -0.277. The molecule has 1 saturated heterocycles. The average molecular weight is 1690 g/mol. The minimum Gasteiger partial charge on any atom is -0.508 e. The third-order valence-corrected chi connectivity index (χ3v) is 24.8. The lowest BCUT2D eigenvalue weighted by Gasteiger charge is -2.54. The van der Waals surface area contributed by atoms with E-state index in [-0.39, 0.29) is 117 Å². The highest BCUT2D eigenvalue weighted by Crippen LogP contribution is 2.56. The monoisotopic (exact) mass is 1690 g/mol. The van der Waals surface area contributed by atoms with Crippen molar-refractivity contribution in [2.75, 3.05) is 46.7 Å². The van der Waals surface area contributed by atoms with Crippen LogP contribution in [0.2, 0.25) is 5.02 Å². The maximum atomic E-state index is 16.5. The van der Waals surface area contributed by atoms with Crippen LogP contribution < -0.4 is 66.2 Å². The second kappa shape index (κ2) is 35.3. The van der Waals surface area contributed by atoms with Crippen LogP contribution in [0, 0.1) is 29.6 Å². The molecule has 6 aliphatic heterocycles. The molecule has 35 nitrogen and oxygen atoms in total. The summed E-state index contributed by atoms with van der Waals surface area (Å²) in [5.74, 6) is -14.9. The van der Waals surface area contributed by atoms with Crippen LogP contribution in [-0.2, 0) is 68.4 Å². The van der Waals surface area contributed by atoms with E-state index in [4.69, 9.17) is 44.8 Å². The number of benzene rings is 6. The largest absolute Gasteiger partial charge is 0.508 e. The molecule has 0 aromatic heterocycles. The van der Waals surface area contributed by atoms with Gasteiger partial charge in [0.15, 0.2) is 11.5 Å². The minimum absolute atomic E-state index is 0.0489. The first-order valence-electron chi connectivity index (χ1n) is 39.3. The number of carbonyl (C=O) groups excluding carboxylic acids is 8. The zero-order chi connectivity index (χ0) is 84.8. The quantitative estimate of drug-likeness (QED) is 0.0339. The van der Waals surface area contributed by atoms with Gasteiger partial charge in [0.25, 0.3) is 10.0 Å². The number of aliphatic hydroxyl groups excluding tert-OH is 6. The third kappa shape index (κ3) is 17.9. The van der Waals surface area contributed by atoms with Gasteiger partial charge < -0.3 is 122 Å². The second-order valence-corrected chi connectivity index (χ2v) is 33.7. The van der Waals surface area contributed by atoms with Crippen LogP contribution in [0.1, 0.15) is 135 Å². The highest BCUT2D eigenvalue weighted by molar-refractivity contribution is 7.90. The molecule has 5 aliphatic carbocycles.